The highest BCUT2D eigenvalue weighted by Crippen LogP contribution is 2.25. The number of nitrogens with zero attached hydrogens (tertiary/aromatic N) is 1. The van der Waals surface area contributed by atoms with Gasteiger partial charge in [0.1, 0.15) is 11.6 Å². The summed E-state index contributed by atoms with van der Waals surface area (Å²) < 4.78 is 19.8. The number of benzene rings is 2. The second kappa shape index (κ2) is 6.53. The number of allylic oxidation sites excluding steroid dienone is 1. The van der Waals surface area contributed by atoms with Crippen molar-refractivity contribution < 1.29 is 9.13 Å². The highest BCUT2D eigenvalue weighted by molar-refractivity contribution is 14.1. The lowest BCUT2D eigenvalue weighted by Crippen LogP contribution is -1.89. The minimum Gasteiger partial charge on any atom is -0.496 e. The zero-order chi connectivity index (χ0) is 14.5. The molecule has 0 spiro atoms. The molecular formula is C16H11FINO. The van der Waals surface area contributed by atoms with E-state index in [0.717, 1.165) is 14.9 Å². The molecule has 0 radical (unpaired) electrons. The van der Waals surface area contributed by atoms with Crippen LogP contribution < -0.4 is 4.74 Å². The molecule has 0 aliphatic heterocycles. The summed E-state index contributed by atoms with van der Waals surface area (Å²) in [5.41, 5.74) is 1.43. The number of methoxy groups -OCH3 is 1. The molecule has 0 atom stereocenters. The zero-order valence-electron chi connectivity index (χ0n) is 10.7. The standard InChI is InChI=1S/C16H11FINO/c1-20-16-7-6-11(9-15(16)18)8-12(10-19)13-4-2-3-5-14(13)17/h2-9H,1H3/b12-8-. The first-order valence-electron chi connectivity index (χ1n) is 5.86. The van der Waals surface area contributed by atoms with E-state index in [2.05, 4.69) is 22.6 Å². The molecule has 0 aliphatic rings. The molecule has 0 aliphatic carbocycles. The number of rotatable bonds is 3. The van der Waals surface area contributed by atoms with E-state index in [4.69, 9.17) is 4.74 Å². The van der Waals surface area contributed by atoms with Crippen molar-refractivity contribution in [2.45, 2.75) is 0 Å². The maximum Gasteiger partial charge on any atom is 0.132 e. The van der Waals surface area contributed by atoms with Gasteiger partial charge in [0.2, 0.25) is 0 Å². The summed E-state index contributed by atoms with van der Waals surface area (Å²) in [6.45, 7) is 0. The maximum absolute atomic E-state index is 13.7. The average Bonchev–Trinajstić information content (AvgIpc) is 2.46. The Morgan fingerprint density at radius 2 is 2.05 bits per heavy atom. The van der Waals surface area contributed by atoms with Crippen LogP contribution in [0.25, 0.3) is 11.6 Å². The van der Waals surface area contributed by atoms with Gasteiger partial charge in [0, 0.05) is 5.56 Å². The van der Waals surface area contributed by atoms with Gasteiger partial charge in [0.05, 0.1) is 22.3 Å². The van der Waals surface area contributed by atoms with Crippen molar-refractivity contribution in [2.24, 2.45) is 0 Å². The van der Waals surface area contributed by atoms with Crippen LogP contribution in [0, 0.1) is 20.7 Å². The fourth-order valence-electron chi connectivity index (χ4n) is 1.79. The molecule has 2 aromatic carbocycles. The van der Waals surface area contributed by atoms with Gasteiger partial charge in [-0.1, -0.05) is 24.3 Å². The Labute approximate surface area is 130 Å². The Morgan fingerprint density at radius 3 is 2.65 bits per heavy atom. The molecule has 0 saturated carbocycles. The molecule has 100 valence electrons. The first-order chi connectivity index (χ1) is 9.65. The monoisotopic (exact) mass is 379 g/mol. The Morgan fingerprint density at radius 1 is 1.30 bits per heavy atom. The van der Waals surface area contributed by atoms with Crippen LogP contribution in [0.15, 0.2) is 42.5 Å². The van der Waals surface area contributed by atoms with Gasteiger partial charge in [-0.25, -0.2) is 4.39 Å². The highest BCUT2D eigenvalue weighted by Gasteiger charge is 2.07. The maximum atomic E-state index is 13.7. The van der Waals surface area contributed by atoms with Crippen LogP contribution in [-0.4, -0.2) is 7.11 Å². The van der Waals surface area contributed by atoms with Crippen molar-refractivity contribution >= 4 is 34.2 Å². The lowest BCUT2D eigenvalue weighted by molar-refractivity contribution is 0.412. The van der Waals surface area contributed by atoms with E-state index in [1.807, 2.05) is 24.3 Å². The van der Waals surface area contributed by atoms with Crippen LogP contribution in [0.1, 0.15) is 11.1 Å². The minimum atomic E-state index is -0.400. The molecule has 0 unspecified atom stereocenters. The van der Waals surface area contributed by atoms with E-state index in [1.54, 1.807) is 31.4 Å². The Bertz CT molecular complexity index is 704. The largest absolute Gasteiger partial charge is 0.496 e. The first-order valence-corrected chi connectivity index (χ1v) is 6.94. The molecule has 0 aromatic heterocycles. The SMILES string of the molecule is COc1ccc(/C=C(/C#N)c2ccccc2F)cc1I. The second-order valence-electron chi connectivity index (χ2n) is 4.04. The number of hydrogen-bond donors (Lipinski definition) is 0. The summed E-state index contributed by atoms with van der Waals surface area (Å²) in [5.74, 6) is 0.371. The normalized spacial score (nSPS) is 11.0. The van der Waals surface area contributed by atoms with Gasteiger partial charge in [0.15, 0.2) is 0 Å². The van der Waals surface area contributed by atoms with Crippen LogP contribution in [0.4, 0.5) is 4.39 Å². The van der Waals surface area contributed by atoms with E-state index in [9.17, 15) is 9.65 Å². The molecule has 0 N–H and O–H groups in total. The quantitative estimate of drug-likeness (QED) is 0.447. The van der Waals surface area contributed by atoms with Gasteiger partial charge in [-0.05, 0) is 52.4 Å². The predicted molar refractivity (Wildman–Crippen MR) is 85.6 cm³/mol. The average molecular weight is 379 g/mol. The minimum absolute atomic E-state index is 0.295. The van der Waals surface area contributed by atoms with Crippen LogP contribution >= 0.6 is 22.6 Å². The lowest BCUT2D eigenvalue weighted by atomic mass is 10.0. The Balaban J connectivity index is 2.45. The fraction of sp³-hybridized carbons (Fsp3) is 0.0625. The number of halogens is 2. The van der Waals surface area contributed by atoms with Crippen LogP contribution in [0.5, 0.6) is 5.75 Å². The molecule has 4 heteroatoms. The molecule has 2 aromatic rings. The zero-order valence-corrected chi connectivity index (χ0v) is 12.9. The van der Waals surface area contributed by atoms with E-state index in [1.165, 1.54) is 6.07 Å². The summed E-state index contributed by atoms with van der Waals surface area (Å²) in [5, 5.41) is 9.22. The third-order valence-corrected chi connectivity index (χ3v) is 3.61. The summed E-state index contributed by atoms with van der Waals surface area (Å²) in [6, 6.07) is 13.8. The third kappa shape index (κ3) is 3.17. The molecule has 0 fully saturated rings. The third-order valence-electron chi connectivity index (χ3n) is 2.77. The van der Waals surface area contributed by atoms with E-state index < -0.39 is 5.82 Å². The summed E-state index contributed by atoms with van der Waals surface area (Å²) >= 11 is 2.16. The van der Waals surface area contributed by atoms with Gasteiger partial charge in [-0.2, -0.15) is 5.26 Å². The topological polar surface area (TPSA) is 33.0 Å². The highest BCUT2D eigenvalue weighted by atomic mass is 127. The van der Waals surface area contributed by atoms with Gasteiger partial charge in [-0.15, -0.1) is 0 Å². The number of nitriles is 1. The van der Waals surface area contributed by atoms with E-state index >= 15 is 0 Å². The first kappa shape index (κ1) is 14.5. The molecule has 2 rings (SSSR count). The molecular weight excluding hydrogens is 368 g/mol. The fourth-order valence-corrected chi connectivity index (χ4v) is 2.55. The van der Waals surface area contributed by atoms with Crippen LogP contribution in [0.2, 0.25) is 0 Å². The smallest absolute Gasteiger partial charge is 0.132 e. The van der Waals surface area contributed by atoms with Crippen molar-refractivity contribution in [2.75, 3.05) is 7.11 Å². The van der Waals surface area contributed by atoms with E-state index in [0.29, 0.717) is 11.1 Å². The van der Waals surface area contributed by atoms with Gasteiger partial charge < -0.3 is 4.74 Å². The van der Waals surface area contributed by atoms with Gasteiger partial charge in [0.25, 0.3) is 0 Å². The number of hydrogen-bond acceptors (Lipinski definition) is 2. The molecule has 2 nitrogen and oxygen atoms in total. The summed E-state index contributed by atoms with van der Waals surface area (Å²) in [7, 11) is 1.60. The van der Waals surface area contributed by atoms with Crippen molar-refractivity contribution in [3.8, 4) is 11.8 Å². The summed E-state index contributed by atoms with van der Waals surface area (Å²) in [4.78, 5) is 0. The Kier molecular flexibility index (Phi) is 4.74. The molecule has 0 amide bonds. The van der Waals surface area contributed by atoms with Crippen molar-refractivity contribution in [3.63, 3.8) is 0 Å². The number of ether oxygens (including phenoxy) is 1. The Hall–Kier alpha value is -1.87. The predicted octanol–water partition coefficient (Wildman–Crippen LogP) is 4.50. The summed E-state index contributed by atoms with van der Waals surface area (Å²) in [6.07, 6.45) is 1.67. The van der Waals surface area contributed by atoms with Crippen LogP contribution in [0.3, 0.4) is 0 Å². The second-order valence-corrected chi connectivity index (χ2v) is 5.21. The van der Waals surface area contributed by atoms with Gasteiger partial charge in [-0.3, -0.25) is 0 Å². The molecule has 20 heavy (non-hydrogen) atoms. The van der Waals surface area contributed by atoms with Gasteiger partial charge >= 0.3 is 0 Å². The molecule has 0 heterocycles. The van der Waals surface area contributed by atoms with Crippen molar-refractivity contribution in [1.82, 2.24) is 0 Å². The van der Waals surface area contributed by atoms with Crippen molar-refractivity contribution in [3.05, 3.63) is 63.0 Å². The van der Waals surface area contributed by atoms with Crippen LogP contribution in [-0.2, 0) is 0 Å². The lowest BCUT2D eigenvalue weighted by Gasteiger charge is -2.05. The van der Waals surface area contributed by atoms with E-state index in [-0.39, 0.29) is 0 Å². The molecule has 0 bridgehead atoms. The van der Waals surface area contributed by atoms with Crippen molar-refractivity contribution in [1.29, 1.82) is 5.26 Å². The molecule has 0 saturated heterocycles.